The monoisotopic (exact) mass is 311 g/mol. The summed E-state index contributed by atoms with van der Waals surface area (Å²) in [5.41, 5.74) is 6.33. The lowest BCUT2D eigenvalue weighted by atomic mass is 10.2. The van der Waals surface area contributed by atoms with E-state index >= 15 is 0 Å². The van der Waals surface area contributed by atoms with Crippen molar-refractivity contribution in [2.75, 3.05) is 20.3 Å². The highest BCUT2D eigenvalue weighted by molar-refractivity contribution is 7.80. The number of rotatable bonds is 9. The molecule has 0 bridgehead atoms. The highest BCUT2D eigenvalue weighted by atomic mass is 32.1. The zero-order valence-electron chi connectivity index (χ0n) is 12.4. The second kappa shape index (κ2) is 9.18. The summed E-state index contributed by atoms with van der Waals surface area (Å²) in [5, 5.41) is 0. The van der Waals surface area contributed by atoms with Crippen LogP contribution >= 0.6 is 12.2 Å². The van der Waals surface area contributed by atoms with Gasteiger partial charge in [-0.25, -0.2) is 4.79 Å². The van der Waals surface area contributed by atoms with E-state index in [2.05, 4.69) is 4.74 Å². The highest BCUT2D eigenvalue weighted by Gasteiger charge is 2.05. The first-order chi connectivity index (χ1) is 10.0. The molecule has 0 aliphatic rings. The lowest BCUT2D eigenvalue weighted by Crippen LogP contribution is -2.13. The molecular weight excluding hydrogens is 290 g/mol. The molecule has 0 saturated heterocycles. The molecule has 0 amide bonds. The molecular formula is C15H21NO4S. The Balaban J connectivity index is 2.39. The predicted octanol–water partition coefficient (Wildman–Crippen LogP) is 2.38. The summed E-state index contributed by atoms with van der Waals surface area (Å²) in [5.74, 6) is 1.00. The Labute approximate surface area is 130 Å². The minimum Gasteiger partial charge on any atom is -0.494 e. The number of carbonyl (C=O) groups is 1. The molecule has 0 aromatic heterocycles. The maximum atomic E-state index is 11.0. The van der Waals surface area contributed by atoms with Crippen LogP contribution in [-0.2, 0) is 9.53 Å². The summed E-state index contributed by atoms with van der Waals surface area (Å²) in [6, 6.07) is 5.47. The number of aryl methyl sites for hydroxylation is 1. The lowest BCUT2D eigenvalue weighted by Gasteiger charge is -2.11. The van der Waals surface area contributed by atoms with Crippen LogP contribution in [0.5, 0.6) is 11.5 Å². The molecule has 0 fully saturated rings. The van der Waals surface area contributed by atoms with E-state index in [1.54, 1.807) is 6.07 Å². The molecule has 0 atom stereocenters. The second-order valence-corrected chi connectivity index (χ2v) is 5.09. The van der Waals surface area contributed by atoms with Crippen molar-refractivity contribution in [2.24, 2.45) is 5.73 Å². The maximum Gasteiger partial charge on any atom is 0.343 e. The van der Waals surface area contributed by atoms with Gasteiger partial charge in [-0.15, -0.1) is 0 Å². The third kappa shape index (κ3) is 6.94. The number of hydrogen-bond donors (Lipinski definition) is 1. The van der Waals surface area contributed by atoms with Gasteiger partial charge < -0.3 is 19.9 Å². The number of esters is 1. The molecule has 0 spiro atoms. The van der Waals surface area contributed by atoms with Gasteiger partial charge in [-0.3, -0.25) is 0 Å². The van der Waals surface area contributed by atoms with Gasteiger partial charge in [0.05, 0.1) is 18.7 Å². The minimum absolute atomic E-state index is 0.101. The molecule has 2 N–H and O–H groups in total. The number of unbranched alkanes of at least 4 members (excludes halogenated alkanes) is 1. The van der Waals surface area contributed by atoms with Crippen molar-refractivity contribution in [3.05, 3.63) is 23.8 Å². The van der Waals surface area contributed by atoms with E-state index in [0.29, 0.717) is 17.3 Å². The number of carbonyl (C=O) groups excluding carboxylic acids is 1. The topological polar surface area (TPSA) is 70.8 Å². The Morgan fingerprint density at radius 1 is 1.29 bits per heavy atom. The van der Waals surface area contributed by atoms with Gasteiger partial charge >= 0.3 is 5.97 Å². The molecule has 0 heterocycles. The van der Waals surface area contributed by atoms with E-state index in [4.69, 9.17) is 27.4 Å². The molecule has 0 aliphatic heterocycles. The van der Waals surface area contributed by atoms with E-state index in [-0.39, 0.29) is 6.61 Å². The molecule has 1 aromatic carbocycles. The van der Waals surface area contributed by atoms with Gasteiger partial charge in [0.25, 0.3) is 0 Å². The van der Waals surface area contributed by atoms with Gasteiger partial charge in [0, 0.05) is 0 Å². The van der Waals surface area contributed by atoms with E-state index in [9.17, 15) is 4.79 Å². The molecule has 0 radical (unpaired) electrons. The molecule has 0 aliphatic carbocycles. The first-order valence-corrected chi connectivity index (χ1v) is 7.15. The average molecular weight is 311 g/mol. The van der Waals surface area contributed by atoms with Crippen LogP contribution in [0.4, 0.5) is 0 Å². The Hall–Kier alpha value is -1.82. The van der Waals surface area contributed by atoms with E-state index in [1.807, 2.05) is 19.1 Å². The van der Waals surface area contributed by atoms with Gasteiger partial charge in [0.2, 0.25) is 0 Å². The maximum absolute atomic E-state index is 11.0. The van der Waals surface area contributed by atoms with Crippen LogP contribution in [-0.4, -0.2) is 31.3 Å². The number of nitrogens with two attached hydrogens (primary N) is 1. The molecule has 0 saturated carbocycles. The first-order valence-electron chi connectivity index (χ1n) is 6.74. The Morgan fingerprint density at radius 3 is 2.67 bits per heavy atom. The fraction of sp³-hybridized carbons (Fsp3) is 0.467. The Morgan fingerprint density at radius 2 is 2.05 bits per heavy atom. The van der Waals surface area contributed by atoms with Crippen molar-refractivity contribution in [3.8, 4) is 11.5 Å². The predicted molar refractivity (Wildman–Crippen MR) is 84.8 cm³/mol. The van der Waals surface area contributed by atoms with Crippen molar-refractivity contribution in [1.82, 2.24) is 0 Å². The van der Waals surface area contributed by atoms with Crippen LogP contribution < -0.4 is 15.2 Å². The fourth-order valence-electron chi connectivity index (χ4n) is 1.66. The number of hydrogen-bond acceptors (Lipinski definition) is 5. The first kappa shape index (κ1) is 17.2. The van der Waals surface area contributed by atoms with Crippen molar-refractivity contribution in [2.45, 2.75) is 26.2 Å². The lowest BCUT2D eigenvalue weighted by molar-refractivity contribution is -0.142. The molecule has 21 heavy (non-hydrogen) atoms. The SMILES string of the molecule is COC(=O)COc1ccc(OCCCCC(N)=S)cc1C. The summed E-state index contributed by atoms with van der Waals surface area (Å²) < 4.78 is 15.5. The minimum atomic E-state index is -0.410. The number of methoxy groups -OCH3 is 1. The Kier molecular flexibility index (Phi) is 7.53. The van der Waals surface area contributed by atoms with Crippen LogP contribution in [0.3, 0.4) is 0 Å². The number of ether oxygens (including phenoxy) is 3. The summed E-state index contributed by atoms with van der Waals surface area (Å²) in [4.78, 5) is 11.6. The summed E-state index contributed by atoms with van der Waals surface area (Å²) in [7, 11) is 1.33. The molecule has 0 unspecified atom stereocenters. The summed E-state index contributed by atoms with van der Waals surface area (Å²) in [6.45, 7) is 2.41. The van der Waals surface area contributed by atoms with Gasteiger partial charge in [-0.2, -0.15) is 0 Å². The molecule has 5 nitrogen and oxygen atoms in total. The zero-order chi connectivity index (χ0) is 15.7. The zero-order valence-corrected chi connectivity index (χ0v) is 13.2. The van der Waals surface area contributed by atoms with Crippen LogP contribution in [0.15, 0.2) is 18.2 Å². The van der Waals surface area contributed by atoms with Gasteiger partial charge in [-0.05, 0) is 49.9 Å². The van der Waals surface area contributed by atoms with Gasteiger partial charge in [0.15, 0.2) is 6.61 Å². The van der Waals surface area contributed by atoms with E-state index in [1.165, 1.54) is 7.11 Å². The van der Waals surface area contributed by atoms with E-state index < -0.39 is 5.97 Å². The summed E-state index contributed by atoms with van der Waals surface area (Å²) in [6.07, 6.45) is 2.57. The fourth-order valence-corrected chi connectivity index (χ4v) is 1.80. The highest BCUT2D eigenvalue weighted by Crippen LogP contribution is 2.23. The second-order valence-electron chi connectivity index (χ2n) is 4.56. The van der Waals surface area contributed by atoms with Crippen LogP contribution in [0.1, 0.15) is 24.8 Å². The standard InChI is InChI=1S/C15H21NO4S/c1-11-9-12(19-8-4-3-5-14(16)21)6-7-13(11)20-10-15(17)18-2/h6-7,9H,3-5,8,10H2,1-2H3,(H2,16,21). The van der Waals surface area contributed by atoms with Crippen molar-refractivity contribution < 1.29 is 19.0 Å². The third-order valence-electron chi connectivity index (χ3n) is 2.81. The van der Waals surface area contributed by atoms with Gasteiger partial charge in [-0.1, -0.05) is 12.2 Å². The van der Waals surface area contributed by atoms with Gasteiger partial charge in [0.1, 0.15) is 11.5 Å². The van der Waals surface area contributed by atoms with Crippen LogP contribution in [0.25, 0.3) is 0 Å². The summed E-state index contributed by atoms with van der Waals surface area (Å²) >= 11 is 4.81. The number of benzene rings is 1. The molecule has 116 valence electrons. The number of thiocarbonyl (C=S) groups is 1. The Bertz CT molecular complexity index is 491. The smallest absolute Gasteiger partial charge is 0.343 e. The van der Waals surface area contributed by atoms with Crippen LogP contribution in [0, 0.1) is 6.92 Å². The van der Waals surface area contributed by atoms with Crippen molar-refractivity contribution in [3.63, 3.8) is 0 Å². The third-order valence-corrected chi connectivity index (χ3v) is 3.01. The normalized spacial score (nSPS) is 10.0. The molecule has 1 aromatic rings. The molecule has 1 rings (SSSR count). The van der Waals surface area contributed by atoms with Crippen molar-refractivity contribution in [1.29, 1.82) is 0 Å². The average Bonchev–Trinajstić information content (AvgIpc) is 2.45. The molecule has 6 heteroatoms. The van der Waals surface area contributed by atoms with Crippen LogP contribution in [0.2, 0.25) is 0 Å². The largest absolute Gasteiger partial charge is 0.494 e. The van der Waals surface area contributed by atoms with Crippen molar-refractivity contribution >= 4 is 23.2 Å². The quantitative estimate of drug-likeness (QED) is 0.429. The van der Waals surface area contributed by atoms with E-state index in [0.717, 1.165) is 30.6 Å².